The van der Waals surface area contributed by atoms with Gasteiger partial charge in [0, 0.05) is 18.9 Å². The van der Waals surface area contributed by atoms with Crippen LogP contribution in [0.25, 0.3) is 0 Å². The van der Waals surface area contributed by atoms with Crippen LogP contribution in [0.15, 0.2) is 0 Å². The van der Waals surface area contributed by atoms with Gasteiger partial charge >= 0.3 is 0 Å². The Morgan fingerprint density at radius 3 is 2.91 bits per heavy atom. The van der Waals surface area contributed by atoms with Crippen molar-refractivity contribution in [1.29, 1.82) is 0 Å². The molecule has 2 heteroatoms. The Morgan fingerprint density at radius 2 is 2.27 bits per heavy atom. The number of aliphatic hydroxyl groups is 1. The lowest BCUT2D eigenvalue weighted by molar-refractivity contribution is -0.121. The number of carbonyl (C=O) groups excluding carboxylic acids is 1. The lowest BCUT2D eigenvalue weighted by atomic mass is 10.0. The van der Waals surface area contributed by atoms with Crippen molar-refractivity contribution in [1.82, 2.24) is 0 Å². The first-order valence-corrected chi connectivity index (χ1v) is 4.45. The van der Waals surface area contributed by atoms with Crippen molar-refractivity contribution < 1.29 is 9.90 Å². The highest BCUT2D eigenvalue weighted by Crippen LogP contribution is 2.44. The van der Waals surface area contributed by atoms with Crippen LogP contribution < -0.4 is 0 Å². The molecule has 2 aliphatic rings. The van der Waals surface area contributed by atoms with Crippen molar-refractivity contribution in [2.45, 2.75) is 25.7 Å². The molecule has 0 bridgehead atoms. The van der Waals surface area contributed by atoms with E-state index in [4.69, 9.17) is 5.11 Å². The summed E-state index contributed by atoms with van der Waals surface area (Å²) < 4.78 is 0. The number of ketones is 1. The Labute approximate surface area is 66.6 Å². The normalized spacial score (nSPS) is 43.0. The highest BCUT2D eigenvalue weighted by Gasteiger charge is 2.41. The van der Waals surface area contributed by atoms with Crippen molar-refractivity contribution in [3.8, 4) is 0 Å². The fourth-order valence-corrected chi connectivity index (χ4v) is 2.62. The molecule has 0 amide bonds. The van der Waals surface area contributed by atoms with E-state index in [1.54, 1.807) is 0 Å². The molecule has 2 fully saturated rings. The molecule has 2 aliphatic carbocycles. The zero-order chi connectivity index (χ0) is 7.84. The molecule has 0 radical (unpaired) electrons. The van der Waals surface area contributed by atoms with E-state index in [0.29, 0.717) is 23.5 Å². The number of hydrogen-bond donors (Lipinski definition) is 1. The molecule has 0 heterocycles. The smallest absolute Gasteiger partial charge is 0.136 e. The molecule has 2 saturated carbocycles. The van der Waals surface area contributed by atoms with Crippen LogP contribution in [0.3, 0.4) is 0 Å². The van der Waals surface area contributed by atoms with Gasteiger partial charge in [-0.2, -0.15) is 0 Å². The number of rotatable bonds is 1. The van der Waals surface area contributed by atoms with Crippen LogP contribution in [0.2, 0.25) is 0 Å². The lowest BCUT2D eigenvalue weighted by Crippen LogP contribution is -2.08. The van der Waals surface area contributed by atoms with Gasteiger partial charge in [0.05, 0.1) is 0 Å². The molecule has 0 aliphatic heterocycles. The van der Waals surface area contributed by atoms with Gasteiger partial charge in [-0.15, -0.1) is 0 Å². The summed E-state index contributed by atoms with van der Waals surface area (Å²) in [4.78, 5) is 11.2. The molecule has 62 valence electrons. The first-order valence-electron chi connectivity index (χ1n) is 4.45. The Kier molecular flexibility index (Phi) is 1.72. The number of Topliss-reactive ketones (excluding diaryl/α,β-unsaturated/α-hetero) is 1. The molecule has 2 rings (SSSR count). The standard InChI is InChI=1S/C9H14O2/c10-5-6-3-7-1-2-9(11)8(7)4-6/h6-8,10H,1-5H2/t6-,7-,8+/m1/s1. The molecule has 0 aromatic carbocycles. The van der Waals surface area contributed by atoms with Crippen molar-refractivity contribution >= 4 is 5.78 Å². The molecule has 0 unspecified atom stereocenters. The Bertz CT molecular complexity index is 176. The minimum absolute atomic E-state index is 0.278. The second kappa shape index (κ2) is 2.59. The number of carbonyl (C=O) groups is 1. The van der Waals surface area contributed by atoms with Crippen molar-refractivity contribution in [3.05, 3.63) is 0 Å². The van der Waals surface area contributed by atoms with Gasteiger partial charge in [-0.3, -0.25) is 4.79 Å². The predicted molar refractivity (Wildman–Crippen MR) is 41.0 cm³/mol. The van der Waals surface area contributed by atoms with Crippen molar-refractivity contribution in [2.24, 2.45) is 17.8 Å². The van der Waals surface area contributed by atoms with Gasteiger partial charge in [-0.25, -0.2) is 0 Å². The maximum atomic E-state index is 11.2. The maximum absolute atomic E-state index is 11.2. The summed E-state index contributed by atoms with van der Waals surface area (Å²) in [5.74, 6) is 1.83. The Hall–Kier alpha value is -0.370. The van der Waals surface area contributed by atoms with E-state index in [9.17, 15) is 4.79 Å². The quantitative estimate of drug-likeness (QED) is 0.611. The average molecular weight is 154 g/mol. The maximum Gasteiger partial charge on any atom is 0.136 e. The van der Waals surface area contributed by atoms with E-state index in [2.05, 4.69) is 0 Å². The first-order chi connectivity index (χ1) is 5.31. The molecule has 2 nitrogen and oxygen atoms in total. The monoisotopic (exact) mass is 154 g/mol. The van der Waals surface area contributed by atoms with Crippen LogP contribution in [0.4, 0.5) is 0 Å². The van der Waals surface area contributed by atoms with Crippen molar-refractivity contribution in [3.63, 3.8) is 0 Å². The van der Waals surface area contributed by atoms with Gasteiger partial charge in [0.1, 0.15) is 5.78 Å². The van der Waals surface area contributed by atoms with E-state index in [-0.39, 0.29) is 6.61 Å². The van der Waals surface area contributed by atoms with E-state index >= 15 is 0 Å². The van der Waals surface area contributed by atoms with Crippen LogP contribution in [0.1, 0.15) is 25.7 Å². The van der Waals surface area contributed by atoms with E-state index in [0.717, 1.165) is 25.7 Å². The second-order valence-corrected chi connectivity index (χ2v) is 3.89. The predicted octanol–water partition coefficient (Wildman–Crippen LogP) is 0.984. The fourth-order valence-electron chi connectivity index (χ4n) is 2.62. The van der Waals surface area contributed by atoms with Crippen LogP contribution in [-0.2, 0) is 4.79 Å². The zero-order valence-electron chi connectivity index (χ0n) is 6.62. The van der Waals surface area contributed by atoms with Gasteiger partial charge in [0.15, 0.2) is 0 Å². The molecule has 3 atom stereocenters. The molecule has 11 heavy (non-hydrogen) atoms. The minimum Gasteiger partial charge on any atom is -0.396 e. The van der Waals surface area contributed by atoms with Gasteiger partial charge in [-0.1, -0.05) is 0 Å². The SMILES string of the molecule is O=C1CC[C@@H]2C[C@@H](CO)C[C@H]12. The number of aliphatic hydroxyl groups excluding tert-OH is 1. The van der Waals surface area contributed by atoms with Crippen LogP contribution >= 0.6 is 0 Å². The summed E-state index contributed by atoms with van der Waals surface area (Å²) in [6.45, 7) is 0.278. The molecular weight excluding hydrogens is 140 g/mol. The Balaban J connectivity index is 2.04. The van der Waals surface area contributed by atoms with Gasteiger partial charge in [-0.05, 0) is 31.1 Å². The third-order valence-corrected chi connectivity index (χ3v) is 3.23. The summed E-state index contributed by atoms with van der Waals surface area (Å²) in [5.41, 5.74) is 0. The highest BCUT2D eigenvalue weighted by molar-refractivity contribution is 5.83. The highest BCUT2D eigenvalue weighted by atomic mass is 16.3. The second-order valence-electron chi connectivity index (χ2n) is 3.89. The zero-order valence-corrected chi connectivity index (χ0v) is 6.62. The van der Waals surface area contributed by atoms with Crippen LogP contribution in [0, 0.1) is 17.8 Å². The van der Waals surface area contributed by atoms with E-state index in [1.807, 2.05) is 0 Å². The third kappa shape index (κ3) is 1.09. The molecular formula is C9H14O2. The summed E-state index contributed by atoms with van der Waals surface area (Å²) in [6, 6.07) is 0. The van der Waals surface area contributed by atoms with Crippen LogP contribution in [-0.4, -0.2) is 17.5 Å². The topological polar surface area (TPSA) is 37.3 Å². The largest absolute Gasteiger partial charge is 0.396 e. The molecule has 0 aromatic rings. The summed E-state index contributed by atoms with van der Waals surface area (Å²) in [5, 5.41) is 8.90. The number of fused-ring (bicyclic) bond motifs is 1. The molecule has 0 spiro atoms. The van der Waals surface area contributed by atoms with Gasteiger partial charge < -0.3 is 5.11 Å². The van der Waals surface area contributed by atoms with Crippen LogP contribution in [0.5, 0.6) is 0 Å². The third-order valence-electron chi connectivity index (χ3n) is 3.23. The van der Waals surface area contributed by atoms with Gasteiger partial charge in [0.2, 0.25) is 0 Å². The minimum atomic E-state index is 0.278. The first kappa shape index (κ1) is 7.29. The lowest BCUT2D eigenvalue weighted by Gasteiger charge is -2.04. The van der Waals surface area contributed by atoms with Gasteiger partial charge in [0.25, 0.3) is 0 Å². The molecule has 0 saturated heterocycles. The summed E-state index contributed by atoms with van der Waals surface area (Å²) in [7, 11) is 0. The van der Waals surface area contributed by atoms with E-state index < -0.39 is 0 Å². The summed E-state index contributed by atoms with van der Waals surface area (Å²) in [6.07, 6.45) is 3.93. The fraction of sp³-hybridized carbons (Fsp3) is 0.889. The molecule has 1 N–H and O–H groups in total. The molecule has 0 aromatic heterocycles. The Morgan fingerprint density at radius 1 is 1.45 bits per heavy atom. The average Bonchev–Trinajstić information content (AvgIpc) is 2.53. The number of hydrogen-bond acceptors (Lipinski definition) is 2. The van der Waals surface area contributed by atoms with Crippen molar-refractivity contribution in [2.75, 3.05) is 6.61 Å². The summed E-state index contributed by atoms with van der Waals surface area (Å²) >= 11 is 0. The van der Waals surface area contributed by atoms with E-state index in [1.165, 1.54) is 0 Å².